The number of aromatic nitrogens is 1. The fraction of sp³-hybridized carbons (Fsp3) is 0.150. The van der Waals surface area contributed by atoms with Gasteiger partial charge in [0.05, 0.1) is 0 Å². The minimum Gasteiger partial charge on any atom is -0.488 e. The van der Waals surface area contributed by atoms with Crippen LogP contribution in [0.15, 0.2) is 73.1 Å². The van der Waals surface area contributed by atoms with Crippen molar-refractivity contribution in [3.8, 4) is 5.75 Å². The van der Waals surface area contributed by atoms with Crippen molar-refractivity contribution in [3.05, 3.63) is 95.6 Å². The van der Waals surface area contributed by atoms with Crippen LogP contribution in [0.5, 0.6) is 5.75 Å². The Labute approximate surface area is 141 Å². The molecule has 0 radical (unpaired) electrons. The molecular formula is C20H20FN2O+. The zero-order valence-electron chi connectivity index (χ0n) is 13.4. The molecule has 0 amide bonds. The lowest BCUT2D eigenvalue weighted by molar-refractivity contribution is -0.686. The lowest BCUT2D eigenvalue weighted by Crippen LogP contribution is -2.80. The average Bonchev–Trinajstić information content (AvgIpc) is 2.63. The Bertz CT molecular complexity index is 760. The molecule has 0 spiro atoms. The molecule has 0 aliphatic rings. The Balaban J connectivity index is 1.57. The van der Waals surface area contributed by atoms with Crippen molar-refractivity contribution < 1.29 is 14.4 Å². The Morgan fingerprint density at radius 3 is 2.38 bits per heavy atom. The highest BCUT2D eigenvalue weighted by Crippen LogP contribution is 2.18. The van der Waals surface area contributed by atoms with Crippen molar-refractivity contribution >= 4 is 0 Å². The van der Waals surface area contributed by atoms with Crippen LogP contribution in [0.4, 0.5) is 4.39 Å². The molecule has 0 bridgehead atoms. The molecule has 1 aromatic heterocycles. The van der Waals surface area contributed by atoms with Crippen LogP contribution in [0.3, 0.4) is 0 Å². The summed E-state index contributed by atoms with van der Waals surface area (Å²) in [7, 11) is 0. The fourth-order valence-electron chi connectivity index (χ4n) is 2.47. The zero-order valence-corrected chi connectivity index (χ0v) is 13.4. The van der Waals surface area contributed by atoms with Crippen LogP contribution in [-0.2, 0) is 19.7 Å². The van der Waals surface area contributed by atoms with Gasteiger partial charge in [0.15, 0.2) is 0 Å². The minimum atomic E-state index is -0.232. The maximum atomic E-state index is 12.9. The Morgan fingerprint density at radius 2 is 1.58 bits per heavy atom. The van der Waals surface area contributed by atoms with Crippen LogP contribution in [-0.4, -0.2) is 4.98 Å². The van der Waals surface area contributed by atoms with E-state index < -0.39 is 0 Å². The maximum Gasteiger partial charge on any atom is 0.128 e. The minimum absolute atomic E-state index is 0.232. The predicted molar refractivity (Wildman–Crippen MR) is 90.7 cm³/mol. The highest BCUT2D eigenvalue weighted by molar-refractivity contribution is 5.33. The Hall–Kier alpha value is -2.72. The van der Waals surface area contributed by atoms with Crippen molar-refractivity contribution in [2.75, 3.05) is 0 Å². The van der Waals surface area contributed by atoms with Gasteiger partial charge in [-0.25, -0.2) is 4.39 Å². The monoisotopic (exact) mass is 323 g/mol. The van der Waals surface area contributed by atoms with Crippen LogP contribution in [0.2, 0.25) is 0 Å². The number of ether oxygens (including phenoxy) is 1. The molecule has 3 nitrogen and oxygen atoms in total. The fourth-order valence-corrected chi connectivity index (χ4v) is 2.47. The van der Waals surface area contributed by atoms with Crippen LogP contribution in [0, 0.1) is 5.82 Å². The number of hydrogen-bond acceptors (Lipinski definition) is 2. The smallest absolute Gasteiger partial charge is 0.128 e. The molecule has 0 atom stereocenters. The SMILES string of the molecule is Fc1ccc(COc2ccccc2C[NH2+]Cc2ccncc2)cc1. The van der Waals surface area contributed by atoms with Gasteiger partial charge >= 0.3 is 0 Å². The largest absolute Gasteiger partial charge is 0.488 e. The van der Waals surface area contributed by atoms with Gasteiger partial charge in [0.2, 0.25) is 0 Å². The Kier molecular flexibility index (Phi) is 5.53. The van der Waals surface area contributed by atoms with Gasteiger partial charge in [-0.15, -0.1) is 0 Å². The third kappa shape index (κ3) is 4.64. The summed E-state index contributed by atoms with van der Waals surface area (Å²) < 4.78 is 18.9. The van der Waals surface area contributed by atoms with Gasteiger partial charge in [0, 0.05) is 23.5 Å². The van der Waals surface area contributed by atoms with Crippen LogP contribution in [0.25, 0.3) is 0 Å². The molecule has 2 aromatic carbocycles. The van der Waals surface area contributed by atoms with E-state index in [2.05, 4.69) is 16.4 Å². The molecule has 1 heterocycles. The highest BCUT2D eigenvalue weighted by atomic mass is 19.1. The van der Waals surface area contributed by atoms with Crippen LogP contribution in [0.1, 0.15) is 16.7 Å². The first-order valence-electron chi connectivity index (χ1n) is 7.97. The summed E-state index contributed by atoms with van der Waals surface area (Å²) in [6.45, 7) is 2.17. The van der Waals surface area contributed by atoms with E-state index in [4.69, 9.17) is 4.74 Å². The van der Waals surface area contributed by atoms with E-state index >= 15 is 0 Å². The molecule has 4 heteroatoms. The molecule has 0 saturated carbocycles. The third-order valence-corrected chi connectivity index (χ3v) is 3.77. The molecule has 0 aliphatic carbocycles. The number of hydrogen-bond donors (Lipinski definition) is 1. The maximum absolute atomic E-state index is 12.9. The topological polar surface area (TPSA) is 38.7 Å². The average molecular weight is 323 g/mol. The molecule has 0 fully saturated rings. The van der Waals surface area contributed by atoms with Gasteiger partial charge in [0.1, 0.15) is 31.3 Å². The zero-order chi connectivity index (χ0) is 16.6. The standard InChI is InChI=1S/C20H19FN2O/c21-19-7-5-17(6-8-19)15-24-20-4-2-1-3-18(20)14-23-13-16-9-11-22-12-10-16/h1-12,23H,13-15H2/p+1. The van der Waals surface area contributed by atoms with Gasteiger partial charge in [-0.3, -0.25) is 4.98 Å². The lowest BCUT2D eigenvalue weighted by atomic mass is 10.2. The van der Waals surface area contributed by atoms with E-state index in [0.29, 0.717) is 6.61 Å². The summed E-state index contributed by atoms with van der Waals surface area (Å²) in [6.07, 6.45) is 3.62. The van der Waals surface area contributed by atoms with Crippen molar-refractivity contribution in [3.63, 3.8) is 0 Å². The molecule has 24 heavy (non-hydrogen) atoms. The normalized spacial score (nSPS) is 10.5. The van der Waals surface area contributed by atoms with E-state index in [0.717, 1.165) is 30.0 Å². The molecule has 122 valence electrons. The number of rotatable bonds is 7. The predicted octanol–water partition coefficient (Wildman–Crippen LogP) is 3.06. The van der Waals surface area contributed by atoms with Crippen molar-refractivity contribution in [2.45, 2.75) is 19.7 Å². The first-order valence-corrected chi connectivity index (χ1v) is 7.97. The molecular weight excluding hydrogens is 303 g/mol. The third-order valence-electron chi connectivity index (χ3n) is 3.77. The van der Waals surface area contributed by atoms with Crippen LogP contribution < -0.4 is 10.1 Å². The molecule has 3 aromatic rings. The van der Waals surface area contributed by atoms with Gasteiger partial charge in [-0.1, -0.05) is 24.3 Å². The van der Waals surface area contributed by atoms with Crippen molar-refractivity contribution in [1.29, 1.82) is 0 Å². The number of halogens is 1. The van der Waals surface area contributed by atoms with Crippen LogP contribution >= 0.6 is 0 Å². The number of quaternary nitrogens is 1. The van der Waals surface area contributed by atoms with E-state index in [-0.39, 0.29) is 5.82 Å². The summed E-state index contributed by atoms with van der Waals surface area (Å²) in [6, 6.07) is 18.5. The molecule has 2 N–H and O–H groups in total. The second kappa shape index (κ2) is 8.22. The molecule has 0 unspecified atom stereocenters. The quantitative estimate of drug-likeness (QED) is 0.726. The first-order chi connectivity index (χ1) is 11.8. The number of nitrogens with zero attached hydrogens (tertiary/aromatic N) is 1. The van der Waals surface area contributed by atoms with Gasteiger partial charge in [-0.05, 0) is 42.0 Å². The number of benzene rings is 2. The van der Waals surface area contributed by atoms with E-state index in [1.54, 1.807) is 12.1 Å². The summed E-state index contributed by atoms with van der Waals surface area (Å²) in [5.74, 6) is 0.637. The van der Waals surface area contributed by atoms with Gasteiger partial charge < -0.3 is 10.1 Å². The Morgan fingerprint density at radius 1 is 0.833 bits per heavy atom. The summed E-state index contributed by atoms with van der Waals surface area (Å²) in [5, 5.41) is 2.23. The first kappa shape index (κ1) is 16.1. The summed E-state index contributed by atoms with van der Waals surface area (Å²) in [5.41, 5.74) is 3.34. The lowest BCUT2D eigenvalue weighted by Gasteiger charge is -2.11. The summed E-state index contributed by atoms with van der Waals surface area (Å²) in [4.78, 5) is 4.03. The van der Waals surface area contributed by atoms with Gasteiger partial charge in [0.25, 0.3) is 0 Å². The number of pyridine rings is 1. The molecule has 0 aliphatic heterocycles. The number of para-hydroxylation sites is 1. The van der Waals surface area contributed by atoms with E-state index in [1.165, 1.54) is 17.7 Å². The highest BCUT2D eigenvalue weighted by Gasteiger charge is 2.06. The van der Waals surface area contributed by atoms with E-state index in [1.807, 2.05) is 42.7 Å². The van der Waals surface area contributed by atoms with Crippen molar-refractivity contribution in [1.82, 2.24) is 4.98 Å². The number of nitrogens with two attached hydrogens (primary N) is 1. The van der Waals surface area contributed by atoms with E-state index in [9.17, 15) is 4.39 Å². The summed E-state index contributed by atoms with van der Waals surface area (Å²) >= 11 is 0. The van der Waals surface area contributed by atoms with Crippen molar-refractivity contribution in [2.24, 2.45) is 0 Å². The second-order valence-electron chi connectivity index (χ2n) is 5.58. The second-order valence-corrected chi connectivity index (χ2v) is 5.58. The van der Waals surface area contributed by atoms with Gasteiger partial charge in [-0.2, -0.15) is 0 Å². The molecule has 0 saturated heterocycles. The molecule has 3 rings (SSSR count).